The lowest BCUT2D eigenvalue weighted by molar-refractivity contribution is -0.143. The normalized spacial score (nSPS) is 24.5. The number of rotatable bonds is 5. The van der Waals surface area contributed by atoms with E-state index >= 15 is 0 Å². The lowest BCUT2D eigenvalue weighted by atomic mass is 9.90. The number of benzene rings is 2. The number of furan rings is 1. The molecule has 6 rings (SSSR count). The van der Waals surface area contributed by atoms with Gasteiger partial charge in [-0.3, -0.25) is 14.5 Å². The number of piperidine rings is 1. The first kappa shape index (κ1) is 31.2. The zero-order valence-electron chi connectivity index (χ0n) is 24.4. The fraction of sp³-hybridized carbons (Fsp3) is 0.455. The van der Waals surface area contributed by atoms with E-state index in [1.807, 2.05) is 35.2 Å². The summed E-state index contributed by atoms with van der Waals surface area (Å²) in [6.07, 6.45) is -4.71. The highest BCUT2D eigenvalue weighted by molar-refractivity contribution is 5.95. The summed E-state index contributed by atoms with van der Waals surface area (Å²) in [7, 11) is 0. The van der Waals surface area contributed by atoms with Gasteiger partial charge in [-0.1, -0.05) is 30.3 Å². The van der Waals surface area contributed by atoms with Gasteiger partial charge in [0.25, 0.3) is 11.8 Å². The maximum Gasteiger partial charge on any atom is 0.416 e. The van der Waals surface area contributed by atoms with Crippen LogP contribution in [0.25, 0.3) is 0 Å². The van der Waals surface area contributed by atoms with E-state index in [1.165, 1.54) is 11.2 Å². The van der Waals surface area contributed by atoms with E-state index in [0.717, 1.165) is 31.4 Å². The summed E-state index contributed by atoms with van der Waals surface area (Å²) in [5.41, 5.74) is -3.08. The van der Waals surface area contributed by atoms with Crippen LogP contribution in [0.1, 0.15) is 69.7 Å². The third-order valence-corrected chi connectivity index (χ3v) is 9.55. The molecule has 1 aromatic heterocycles. The van der Waals surface area contributed by atoms with Crippen LogP contribution in [0.4, 0.5) is 26.3 Å². The van der Waals surface area contributed by atoms with Crippen molar-refractivity contribution < 1.29 is 40.3 Å². The summed E-state index contributed by atoms with van der Waals surface area (Å²) in [6, 6.07) is 13.3. The predicted molar refractivity (Wildman–Crippen MR) is 152 cm³/mol. The Kier molecular flexibility index (Phi) is 8.21. The number of halogens is 6. The molecule has 0 radical (unpaired) electrons. The van der Waals surface area contributed by atoms with Crippen molar-refractivity contribution in [1.29, 1.82) is 0 Å². The first-order valence-corrected chi connectivity index (χ1v) is 15.1. The average molecular weight is 634 g/mol. The molecule has 3 aliphatic heterocycles. The Morgan fingerprint density at radius 1 is 0.844 bits per heavy atom. The molecule has 45 heavy (non-hydrogen) atoms. The van der Waals surface area contributed by atoms with Crippen molar-refractivity contribution in [2.24, 2.45) is 0 Å². The number of hydrogen-bond acceptors (Lipinski definition) is 4. The predicted octanol–water partition coefficient (Wildman–Crippen LogP) is 6.91. The Morgan fingerprint density at radius 2 is 1.56 bits per heavy atom. The molecule has 3 saturated heterocycles. The molecule has 0 saturated carbocycles. The molecule has 3 aromatic rings. The van der Waals surface area contributed by atoms with Gasteiger partial charge in [-0.05, 0) is 74.4 Å². The van der Waals surface area contributed by atoms with Crippen LogP contribution in [0.15, 0.2) is 71.3 Å². The lowest BCUT2D eigenvalue weighted by Crippen LogP contribution is -2.54. The van der Waals surface area contributed by atoms with Crippen molar-refractivity contribution in [1.82, 2.24) is 14.7 Å². The standard InChI is InChI=1S/C33H33F6N3O3/c34-32(35,36)24-17-23(18-25(19-24)33(37,38)39)29(43)41-13-9-26(20-27(41)16-22-6-2-1-3-7-22)40-14-11-31(21-40)10-5-12-42(31)30(44)28-8-4-15-45-28/h1-4,6-8,15,17-19,26-27H,5,9-14,16,20-21H2. The van der Waals surface area contributed by atoms with Crippen molar-refractivity contribution in [2.45, 2.75) is 68.5 Å². The summed E-state index contributed by atoms with van der Waals surface area (Å²) < 4.78 is 86.9. The Balaban J connectivity index is 1.25. The second-order valence-electron chi connectivity index (χ2n) is 12.3. The van der Waals surface area contributed by atoms with E-state index in [1.54, 1.807) is 12.1 Å². The minimum atomic E-state index is -5.05. The van der Waals surface area contributed by atoms with Crippen LogP contribution >= 0.6 is 0 Å². The second kappa shape index (κ2) is 11.9. The number of alkyl halides is 6. The first-order valence-electron chi connectivity index (χ1n) is 15.1. The zero-order valence-corrected chi connectivity index (χ0v) is 24.4. The topological polar surface area (TPSA) is 57.0 Å². The van der Waals surface area contributed by atoms with Gasteiger partial charge >= 0.3 is 12.4 Å². The molecule has 0 N–H and O–H groups in total. The molecule has 3 fully saturated rings. The minimum Gasteiger partial charge on any atom is -0.459 e. The van der Waals surface area contributed by atoms with E-state index in [9.17, 15) is 35.9 Å². The molecule has 12 heteroatoms. The molecule has 3 atom stereocenters. The first-order chi connectivity index (χ1) is 21.3. The van der Waals surface area contributed by atoms with Crippen molar-refractivity contribution in [3.63, 3.8) is 0 Å². The molecule has 0 bridgehead atoms. The maximum absolute atomic E-state index is 13.7. The van der Waals surface area contributed by atoms with Crippen LogP contribution in [0.2, 0.25) is 0 Å². The highest BCUT2D eigenvalue weighted by Crippen LogP contribution is 2.42. The molecule has 1 spiro atoms. The fourth-order valence-corrected chi connectivity index (χ4v) is 7.37. The van der Waals surface area contributed by atoms with E-state index in [0.29, 0.717) is 50.2 Å². The molecular formula is C33H33F6N3O3. The van der Waals surface area contributed by atoms with Gasteiger partial charge in [-0.2, -0.15) is 26.3 Å². The summed E-state index contributed by atoms with van der Waals surface area (Å²) in [5.74, 6) is -0.691. The average Bonchev–Trinajstić information content (AvgIpc) is 3.78. The van der Waals surface area contributed by atoms with Crippen LogP contribution in [-0.2, 0) is 18.8 Å². The van der Waals surface area contributed by atoms with Gasteiger partial charge in [0.05, 0.1) is 22.9 Å². The largest absolute Gasteiger partial charge is 0.459 e. The van der Waals surface area contributed by atoms with Crippen LogP contribution < -0.4 is 0 Å². The Hall–Kier alpha value is -3.80. The molecule has 3 unspecified atom stereocenters. The number of amides is 2. The van der Waals surface area contributed by atoms with Gasteiger partial charge in [0.1, 0.15) is 0 Å². The summed E-state index contributed by atoms with van der Waals surface area (Å²) >= 11 is 0. The monoisotopic (exact) mass is 633 g/mol. The molecule has 4 heterocycles. The molecule has 3 aliphatic rings. The molecule has 240 valence electrons. The Bertz CT molecular complexity index is 1490. The molecule has 6 nitrogen and oxygen atoms in total. The minimum absolute atomic E-state index is 0.0237. The van der Waals surface area contributed by atoms with E-state index in [2.05, 4.69) is 4.90 Å². The van der Waals surface area contributed by atoms with Gasteiger partial charge in [-0.25, -0.2) is 0 Å². The number of likely N-dealkylation sites (tertiary alicyclic amines) is 3. The number of carbonyl (C=O) groups is 2. The number of nitrogens with zero attached hydrogens (tertiary/aromatic N) is 3. The van der Waals surface area contributed by atoms with Crippen molar-refractivity contribution >= 4 is 11.8 Å². The van der Waals surface area contributed by atoms with Gasteiger partial charge in [0, 0.05) is 43.8 Å². The SMILES string of the molecule is O=C(c1cc(C(F)(F)F)cc(C(F)(F)F)c1)N1CCC(N2CCC3(CCCN3C(=O)c3ccco3)C2)CC1Cc1ccccc1. The van der Waals surface area contributed by atoms with Crippen molar-refractivity contribution in [2.75, 3.05) is 26.2 Å². The molecule has 2 aromatic carbocycles. The highest BCUT2D eigenvalue weighted by atomic mass is 19.4. The molecule has 0 aliphatic carbocycles. The third kappa shape index (κ3) is 6.34. The quantitative estimate of drug-likeness (QED) is 0.287. The molecule has 2 amide bonds. The third-order valence-electron chi connectivity index (χ3n) is 9.55. The number of hydrogen-bond donors (Lipinski definition) is 0. The van der Waals surface area contributed by atoms with Crippen LogP contribution in [-0.4, -0.2) is 70.3 Å². The summed E-state index contributed by atoms with van der Waals surface area (Å²) in [6.45, 7) is 2.20. The van der Waals surface area contributed by atoms with Gasteiger partial charge in [0.15, 0.2) is 5.76 Å². The van der Waals surface area contributed by atoms with Crippen molar-refractivity contribution in [3.8, 4) is 0 Å². The highest BCUT2D eigenvalue weighted by Gasteiger charge is 2.50. The number of carbonyl (C=O) groups excluding carboxylic acids is 2. The fourth-order valence-electron chi connectivity index (χ4n) is 7.37. The Morgan fingerprint density at radius 3 is 2.20 bits per heavy atom. The van der Waals surface area contributed by atoms with Gasteiger partial charge in [-0.15, -0.1) is 0 Å². The second-order valence-corrected chi connectivity index (χ2v) is 12.3. The summed E-state index contributed by atoms with van der Waals surface area (Å²) in [4.78, 5) is 32.7. The lowest BCUT2D eigenvalue weighted by Gasteiger charge is -2.43. The van der Waals surface area contributed by atoms with Crippen molar-refractivity contribution in [3.05, 3.63) is 94.9 Å². The smallest absolute Gasteiger partial charge is 0.416 e. The van der Waals surface area contributed by atoms with Gasteiger partial charge < -0.3 is 14.2 Å². The van der Waals surface area contributed by atoms with Crippen LogP contribution in [0.3, 0.4) is 0 Å². The van der Waals surface area contributed by atoms with Gasteiger partial charge in [0.2, 0.25) is 0 Å². The molecular weight excluding hydrogens is 600 g/mol. The Labute approximate surface area is 256 Å². The van der Waals surface area contributed by atoms with E-state index in [4.69, 9.17) is 4.42 Å². The summed E-state index contributed by atoms with van der Waals surface area (Å²) in [5, 5.41) is 0. The maximum atomic E-state index is 13.7. The van der Waals surface area contributed by atoms with E-state index < -0.39 is 41.0 Å². The zero-order chi connectivity index (χ0) is 32.0. The van der Waals surface area contributed by atoms with E-state index in [-0.39, 0.29) is 30.1 Å². The van der Waals surface area contributed by atoms with Crippen LogP contribution in [0.5, 0.6) is 0 Å². The van der Waals surface area contributed by atoms with Crippen LogP contribution in [0, 0.1) is 0 Å².